The summed E-state index contributed by atoms with van der Waals surface area (Å²) < 4.78 is 27.4. The fraction of sp³-hybridized carbons (Fsp3) is 0.308. The fourth-order valence-corrected chi connectivity index (χ4v) is 4.14. The molecule has 2 aromatic rings. The van der Waals surface area contributed by atoms with Crippen molar-refractivity contribution in [3.8, 4) is 0 Å². The Kier molecular flexibility index (Phi) is 4.74. The fourth-order valence-electron chi connectivity index (χ4n) is 1.90. The highest BCUT2D eigenvalue weighted by molar-refractivity contribution is 7.89. The maximum atomic E-state index is 12.4. The van der Waals surface area contributed by atoms with E-state index in [9.17, 15) is 8.42 Å². The predicted octanol–water partition coefficient (Wildman–Crippen LogP) is 2.09. The van der Waals surface area contributed by atoms with E-state index in [1.54, 1.807) is 30.6 Å². The summed E-state index contributed by atoms with van der Waals surface area (Å²) in [7, 11) is -1.89. The van der Waals surface area contributed by atoms with Crippen molar-refractivity contribution in [1.82, 2.24) is 9.71 Å². The van der Waals surface area contributed by atoms with Crippen LogP contribution in [0.1, 0.15) is 11.8 Å². The van der Waals surface area contributed by atoms with Crippen LogP contribution in [0.25, 0.3) is 0 Å². The summed E-state index contributed by atoms with van der Waals surface area (Å²) in [5.74, 6) is 0. The van der Waals surface area contributed by atoms with E-state index in [1.165, 1.54) is 6.20 Å². The van der Waals surface area contributed by atoms with Crippen molar-refractivity contribution in [2.24, 2.45) is 0 Å². The lowest BCUT2D eigenvalue weighted by molar-refractivity contribution is 0.560. The second-order valence-corrected chi connectivity index (χ2v) is 7.14. The molecule has 2 N–H and O–H groups in total. The number of rotatable bonds is 6. The van der Waals surface area contributed by atoms with Gasteiger partial charge in [-0.25, -0.2) is 13.1 Å². The summed E-state index contributed by atoms with van der Waals surface area (Å²) in [4.78, 5) is 5.21. The third-order valence-corrected chi connectivity index (χ3v) is 5.30. The molecule has 0 aromatic carbocycles. The normalized spacial score (nSPS) is 13.1. The van der Waals surface area contributed by atoms with Gasteiger partial charge in [0.15, 0.2) is 0 Å². The summed E-state index contributed by atoms with van der Waals surface area (Å²) in [6, 6.07) is 5.42. The third kappa shape index (κ3) is 3.56. The maximum absolute atomic E-state index is 12.4. The van der Waals surface area contributed by atoms with Crippen LogP contribution in [0.3, 0.4) is 0 Å². The highest BCUT2D eigenvalue weighted by atomic mass is 32.2. The molecule has 2 heterocycles. The number of nitrogens with one attached hydrogen (secondary N) is 2. The molecule has 2 aromatic heterocycles. The molecule has 1 unspecified atom stereocenters. The molecule has 5 nitrogen and oxygen atoms in total. The average Bonchev–Trinajstić information content (AvgIpc) is 2.90. The Morgan fingerprint density at radius 3 is 2.85 bits per heavy atom. The van der Waals surface area contributed by atoms with Crippen LogP contribution in [0.5, 0.6) is 0 Å². The molecule has 0 aliphatic heterocycles. The van der Waals surface area contributed by atoms with Crippen molar-refractivity contribution in [2.75, 3.05) is 12.4 Å². The number of nitrogens with zero attached hydrogens (tertiary/aromatic N) is 1. The molecule has 20 heavy (non-hydrogen) atoms. The van der Waals surface area contributed by atoms with Crippen molar-refractivity contribution in [1.29, 1.82) is 0 Å². The second-order valence-electron chi connectivity index (χ2n) is 4.43. The molecule has 1 atom stereocenters. The first kappa shape index (κ1) is 15.0. The first-order valence-electron chi connectivity index (χ1n) is 6.19. The van der Waals surface area contributed by atoms with Crippen LogP contribution in [-0.4, -0.2) is 26.5 Å². The molecule has 0 spiro atoms. The summed E-state index contributed by atoms with van der Waals surface area (Å²) in [6.07, 6.45) is 3.58. The van der Waals surface area contributed by atoms with Gasteiger partial charge in [-0.15, -0.1) is 11.3 Å². The van der Waals surface area contributed by atoms with Crippen LogP contribution in [0.2, 0.25) is 0 Å². The van der Waals surface area contributed by atoms with Crippen LogP contribution in [0.15, 0.2) is 40.9 Å². The molecule has 0 saturated heterocycles. The number of aromatic nitrogens is 1. The van der Waals surface area contributed by atoms with Gasteiger partial charge >= 0.3 is 0 Å². The van der Waals surface area contributed by atoms with Crippen molar-refractivity contribution in [3.05, 3.63) is 40.8 Å². The Balaban J connectivity index is 2.14. The van der Waals surface area contributed by atoms with Crippen LogP contribution in [0, 0.1) is 0 Å². The SMILES string of the molecule is CNc1ccncc1S(=O)(=O)NC(C)Cc1cccs1. The van der Waals surface area contributed by atoms with Gasteiger partial charge in [0.25, 0.3) is 0 Å². The van der Waals surface area contributed by atoms with Gasteiger partial charge in [-0.3, -0.25) is 4.98 Å². The smallest absolute Gasteiger partial charge is 0.244 e. The van der Waals surface area contributed by atoms with E-state index >= 15 is 0 Å². The lowest BCUT2D eigenvalue weighted by Crippen LogP contribution is -2.34. The van der Waals surface area contributed by atoms with E-state index in [4.69, 9.17) is 0 Å². The highest BCUT2D eigenvalue weighted by Gasteiger charge is 2.21. The molecule has 0 bridgehead atoms. The summed E-state index contributed by atoms with van der Waals surface area (Å²) in [5, 5.41) is 4.85. The van der Waals surface area contributed by atoms with Crippen molar-refractivity contribution in [3.63, 3.8) is 0 Å². The molecule has 108 valence electrons. The molecular weight excluding hydrogens is 294 g/mol. The predicted molar refractivity (Wildman–Crippen MR) is 81.6 cm³/mol. The molecule has 0 saturated carbocycles. The third-order valence-electron chi connectivity index (χ3n) is 2.79. The van der Waals surface area contributed by atoms with E-state index in [0.717, 1.165) is 4.88 Å². The molecule has 0 aliphatic carbocycles. The number of hydrogen-bond donors (Lipinski definition) is 2. The van der Waals surface area contributed by atoms with E-state index in [1.807, 2.05) is 24.4 Å². The Morgan fingerprint density at radius 2 is 2.20 bits per heavy atom. The zero-order valence-electron chi connectivity index (χ0n) is 11.3. The van der Waals surface area contributed by atoms with Gasteiger partial charge in [-0.2, -0.15) is 0 Å². The summed E-state index contributed by atoms with van der Waals surface area (Å²) in [5.41, 5.74) is 0.538. The topological polar surface area (TPSA) is 71.1 Å². The Morgan fingerprint density at radius 1 is 1.40 bits per heavy atom. The maximum Gasteiger partial charge on any atom is 0.244 e. The lowest BCUT2D eigenvalue weighted by Gasteiger charge is -2.15. The number of pyridine rings is 1. The molecule has 2 rings (SSSR count). The second kappa shape index (κ2) is 6.34. The van der Waals surface area contributed by atoms with Crippen molar-refractivity contribution in [2.45, 2.75) is 24.3 Å². The molecular formula is C13H17N3O2S2. The zero-order valence-corrected chi connectivity index (χ0v) is 13.0. The lowest BCUT2D eigenvalue weighted by atomic mass is 10.2. The van der Waals surface area contributed by atoms with Gasteiger partial charge < -0.3 is 5.32 Å². The van der Waals surface area contributed by atoms with Gasteiger partial charge in [-0.1, -0.05) is 6.07 Å². The zero-order chi connectivity index (χ0) is 14.6. The summed E-state index contributed by atoms with van der Waals surface area (Å²) in [6.45, 7) is 1.85. The van der Waals surface area contributed by atoms with Gasteiger partial charge in [-0.05, 0) is 30.9 Å². The number of anilines is 1. The minimum Gasteiger partial charge on any atom is -0.387 e. The first-order chi connectivity index (χ1) is 9.53. The number of thiophene rings is 1. The summed E-state index contributed by atoms with van der Waals surface area (Å²) >= 11 is 1.62. The van der Waals surface area contributed by atoms with Gasteiger partial charge in [0.1, 0.15) is 4.90 Å². The quantitative estimate of drug-likeness (QED) is 0.857. The Labute approximate surface area is 123 Å². The van der Waals surface area contributed by atoms with Crippen LogP contribution in [-0.2, 0) is 16.4 Å². The van der Waals surface area contributed by atoms with Gasteiger partial charge in [0.05, 0.1) is 5.69 Å². The number of sulfonamides is 1. The first-order valence-corrected chi connectivity index (χ1v) is 8.55. The molecule has 0 aliphatic rings. The van der Waals surface area contributed by atoms with E-state index in [-0.39, 0.29) is 10.9 Å². The average molecular weight is 311 g/mol. The largest absolute Gasteiger partial charge is 0.387 e. The van der Waals surface area contributed by atoms with Crippen LogP contribution >= 0.6 is 11.3 Å². The van der Waals surface area contributed by atoms with Gasteiger partial charge in [0.2, 0.25) is 10.0 Å². The van der Waals surface area contributed by atoms with Crippen LogP contribution < -0.4 is 10.0 Å². The van der Waals surface area contributed by atoms with E-state index in [0.29, 0.717) is 12.1 Å². The van der Waals surface area contributed by atoms with Gasteiger partial charge in [0, 0.05) is 30.4 Å². The monoisotopic (exact) mass is 311 g/mol. The van der Waals surface area contributed by atoms with Crippen molar-refractivity contribution >= 4 is 27.0 Å². The number of hydrogen-bond acceptors (Lipinski definition) is 5. The highest BCUT2D eigenvalue weighted by Crippen LogP contribution is 2.19. The van der Waals surface area contributed by atoms with Crippen molar-refractivity contribution < 1.29 is 8.42 Å². The van der Waals surface area contributed by atoms with E-state index < -0.39 is 10.0 Å². The molecule has 0 radical (unpaired) electrons. The molecule has 0 amide bonds. The minimum absolute atomic E-state index is 0.167. The van der Waals surface area contributed by atoms with E-state index in [2.05, 4.69) is 15.0 Å². The molecule has 7 heteroatoms. The molecule has 0 fully saturated rings. The minimum atomic E-state index is -3.58. The Bertz CT molecular complexity index is 654. The standard InChI is InChI=1S/C13H17N3O2S2/c1-10(8-11-4-3-7-19-11)16-20(17,18)13-9-15-6-5-12(13)14-2/h3-7,9-10,16H,8H2,1-2H3,(H,14,15). The Hall–Kier alpha value is -1.44. The van der Waals surface area contributed by atoms with Crippen LogP contribution in [0.4, 0.5) is 5.69 Å².